The van der Waals surface area contributed by atoms with E-state index in [4.69, 9.17) is 15.0 Å². The summed E-state index contributed by atoms with van der Waals surface area (Å²) >= 11 is 0. The second-order valence-corrected chi connectivity index (χ2v) is 6.64. The predicted octanol–water partition coefficient (Wildman–Crippen LogP) is 1.13. The molecule has 1 unspecified atom stereocenters. The number of rotatable bonds is 2. The van der Waals surface area contributed by atoms with Gasteiger partial charge in [0.05, 0.1) is 17.7 Å². The van der Waals surface area contributed by atoms with Gasteiger partial charge in [-0.25, -0.2) is 9.37 Å². The molecule has 0 fully saturated rings. The van der Waals surface area contributed by atoms with E-state index in [1.165, 1.54) is 25.3 Å². The van der Waals surface area contributed by atoms with Crippen molar-refractivity contribution in [2.24, 2.45) is 5.73 Å². The lowest BCUT2D eigenvalue weighted by atomic mass is 10.0. The van der Waals surface area contributed by atoms with Crippen LogP contribution in [0, 0.1) is 24.6 Å². The van der Waals surface area contributed by atoms with Crippen molar-refractivity contribution in [2.75, 3.05) is 6.61 Å². The van der Waals surface area contributed by atoms with Crippen LogP contribution in [0.1, 0.15) is 34.7 Å². The van der Waals surface area contributed by atoms with Crippen LogP contribution >= 0.6 is 0 Å². The van der Waals surface area contributed by atoms with E-state index in [1.807, 2.05) is 0 Å². The zero-order chi connectivity index (χ0) is 20.8. The number of fused-ring (bicyclic) bond motifs is 3. The van der Waals surface area contributed by atoms with Gasteiger partial charge < -0.3 is 24.7 Å². The first-order valence-corrected chi connectivity index (χ1v) is 8.64. The van der Waals surface area contributed by atoms with Crippen LogP contribution in [-0.4, -0.2) is 37.3 Å². The topological polar surface area (TPSA) is 129 Å². The molecule has 1 atom stereocenters. The standard InChI is InChI=1S/C19H16FN5O4/c1-10-22-18(24-29-10)19(2,27)4-3-11-7-12-15(8-13(11)20)28-6-5-25-9-14(16(21)26)23-17(12)25/h7-9,27H,5-6H2,1-2H3,(H2,21,26). The summed E-state index contributed by atoms with van der Waals surface area (Å²) in [5.74, 6) is 4.80. The average Bonchev–Trinajstić information content (AvgIpc) is 3.25. The Balaban J connectivity index is 1.79. The smallest absolute Gasteiger partial charge is 0.268 e. The summed E-state index contributed by atoms with van der Waals surface area (Å²) in [6.07, 6.45) is 1.52. The summed E-state index contributed by atoms with van der Waals surface area (Å²) in [5.41, 5.74) is 4.13. The van der Waals surface area contributed by atoms with Crippen molar-refractivity contribution >= 4 is 5.91 Å². The fraction of sp³-hybridized carbons (Fsp3) is 0.263. The van der Waals surface area contributed by atoms with Crippen molar-refractivity contribution in [1.29, 1.82) is 0 Å². The number of primary amides is 1. The Bertz CT molecular complexity index is 1190. The minimum absolute atomic E-state index is 0.00455. The number of carbonyl (C=O) groups is 1. The van der Waals surface area contributed by atoms with Gasteiger partial charge in [0, 0.05) is 19.2 Å². The Morgan fingerprint density at radius 2 is 2.21 bits per heavy atom. The van der Waals surface area contributed by atoms with E-state index in [9.17, 15) is 14.3 Å². The molecule has 3 heterocycles. The zero-order valence-corrected chi connectivity index (χ0v) is 15.6. The molecule has 0 radical (unpaired) electrons. The van der Waals surface area contributed by atoms with Gasteiger partial charge in [0.15, 0.2) is 5.60 Å². The number of nitrogens with zero attached hydrogens (tertiary/aromatic N) is 4. The maximum absolute atomic E-state index is 14.6. The lowest BCUT2D eigenvalue weighted by Crippen LogP contribution is -2.20. The molecule has 1 aliphatic heterocycles. The van der Waals surface area contributed by atoms with Gasteiger partial charge in [0.25, 0.3) is 5.91 Å². The summed E-state index contributed by atoms with van der Waals surface area (Å²) in [4.78, 5) is 19.7. The number of nitrogens with two attached hydrogens (primary N) is 1. The fourth-order valence-electron chi connectivity index (χ4n) is 2.86. The van der Waals surface area contributed by atoms with E-state index in [0.717, 1.165) is 0 Å². The zero-order valence-electron chi connectivity index (χ0n) is 15.6. The molecule has 1 aromatic carbocycles. The fourth-order valence-corrected chi connectivity index (χ4v) is 2.86. The highest BCUT2D eigenvalue weighted by Gasteiger charge is 2.27. The molecule has 10 heteroatoms. The average molecular weight is 397 g/mol. The second-order valence-electron chi connectivity index (χ2n) is 6.64. The van der Waals surface area contributed by atoms with Crippen LogP contribution in [0.15, 0.2) is 22.9 Å². The normalized spacial score (nSPS) is 14.5. The van der Waals surface area contributed by atoms with Crippen LogP contribution in [0.2, 0.25) is 0 Å². The van der Waals surface area contributed by atoms with Gasteiger partial charge in [-0.2, -0.15) is 4.98 Å². The van der Waals surface area contributed by atoms with E-state index in [1.54, 1.807) is 11.5 Å². The Kier molecular flexibility index (Phi) is 4.32. The molecule has 0 aliphatic carbocycles. The number of amides is 1. The van der Waals surface area contributed by atoms with Crippen LogP contribution in [0.3, 0.4) is 0 Å². The molecular weight excluding hydrogens is 381 g/mol. The van der Waals surface area contributed by atoms with Gasteiger partial charge in [-0.05, 0) is 13.0 Å². The van der Waals surface area contributed by atoms with E-state index >= 15 is 0 Å². The molecule has 9 nitrogen and oxygen atoms in total. The van der Waals surface area contributed by atoms with Crippen LogP contribution < -0.4 is 10.5 Å². The van der Waals surface area contributed by atoms with Gasteiger partial charge in [-0.1, -0.05) is 17.0 Å². The highest BCUT2D eigenvalue weighted by molar-refractivity contribution is 5.91. The molecule has 2 aromatic heterocycles. The molecular formula is C19H16FN5O4. The molecule has 3 N–H and O–H groups in total. The van der Waals surface area contributed by atoms with Crippen molar-refractivity contribution in [3.05, 3.63) is 47.1 Å². The first-order valence-electron chi connectivity index (χ1n) is 8.64. The number of aliphatic hydroxyl groups is 1. The Morgan fingerprint density at radius 1 is 1.41 bits per heavy atom. The molecule has 0 saturated heterocycles. The van der Waals surface area contributed by atoms with Gasteiger partial charge in [0.1, 0.15) is 29.7 Å². The van der Waals surface area contributed by atoms with E-state index < -0.39 is 17.3 Å². The number of benzene rings is 1. The first-order chi connectivity index (χ1) is 13.7. The number of imidazole rings is 1. The highest BCUT2D eigenvalue weighted by atomic mass is 19.1. The molecule has 4 rings (SSSR count). The SMILES string of the molecule is Cc1nc(C(C)(O)C#Cc2cc3c(cc2F)OCCn2cc(C(N)=O)nc2-3)no1. The predicted molar refractivity (Wildman–Crippen MR) is 97.1 cm³/mol. The van der Waals surface area contributed by atoms with Crippen molar-refractivity contribution in [2.45, 2.75) is 26.0 Å². The lowest BCUT2D eigenvalue weighted by molar-refractivity contribution is 0.0995. The van der Waals surface area contributed by atoms with Crippen LogP contribution in [0.5, 0.6) is 5.75 Å². The van der Waals surface area contributed by atoms with E-state index in [2.05, 4.69) is 27.0 Å². The summed E-state index contributed by atoms with van der Waals surface area (Å²) in [7, 11) is 0. The third-order valence-corrected chi connectivity index (χ3v) is 4.33. The minimum Gasteiger partial charge on any atom is -0.491 e. The number of aromatic nitrogens is 4. The minimum atomic E-state index is -1.74. The number of ether oxygens (including phenoxy) is 1. The van der Waals surface area contributed by atoms with Crippen molar-refractivity contribution in [3.8, 4) is 29.0 Å². The van der Waals surface area contributed by atoms with Crippen LogP contribution in [0.25, 0.3) is 11.4 Å². The van der Waals surface area contributed by atoms with Crippen LogP contribution in [0.4, 0.5) is 4.39 Å². The monoisotopic (exact) mass is 397 g/mol. The van der Waals surface area contributed by atoms with Crippen molar-refractivity contribution < 1.29 is 23.6 Å². The number of halogens is 1. The Morgan fingerprint density at radius 3 is 2.90 bits per heavy atom. The maximum Gasteiger partial charge on any atom is 0.268 e. The molecule has 0 saturated carbocycles. The summed E-state index contributed by atoms with van der Waals surface area (Å²) in [5, 5.41) is 14.1. The number of aryl methyl sites for hydroxylation is 1. The highest BCUT2D eigenvalue weighted by Crippen LogP contribution is 2.34. The van der Waals surface area contributed by atoms with Gasteiger partial charge in [-0.3, -0.25) is 4.79 Å². The molecule has 1 amide bonds. The molecule has 3 aromatic rings. The Labute approximate surface area is 164 Å². The molecule has 1 aliphatic rings. The maximum atomic E-state index is 14.6. The number of carbonyl (C=O) groups excluding carboxylic acids is 1. The van der Waals surface area contributed by atoms with Crippen LogP contribution in [-0.2, 0) is 12.1 Å². The summed E-state index contributed by atoms with van der Waals surface area (Å²) in [6.45, 7) is 3.64. The molecule has 0 spiro atoms. The first kappa shape index (κ1) is 18.6. The lowest BCUT2D eigenvalue weighted by Gasteiger charge is -2.11. The Hall–Kier alpha value is -3.71. The largest absolute Gasteiger partial charge is 0.491 e. The quantitative estimate of drug-likeness (QED) is 0.620. The summed E-state index contributed by atoms with van der Waals surface area (Å²) < 4.78 is 26.7. The van der Waals surface area contributed by atoms with E-state index in [0.29, 0.717) is 17.9 Å². The number of hydrogen-bond acceptors (Lipinski definition) is 7. The van der Waals surface area contributed by atoms with Crippen molar-refractivity contribution in [1.82, 2.24) is 19.7 Å². The van der Waals surface area contributed by atoms with E-state index in [-0.39, 0.29) is 35.3 Å². The number of hydrogen-bond donors (Lipinski definition) is 2. The third kappa shape index (κ3) is 3.43. The van der Waals surface area contributed by atoms with Gasteiger partial charge >= 0.3 is 0 Å². The molecule has 148 valence electrons. The molecule has 0 bridgehead atoms. The van der Waals surface area contributed by atoms with Gasteiger partial charge in [0.2, 0.25) is 11.7 Å². The second kappa shape index (κ2) is 6.72. The third-order valence-electron chi connectivity index (χ3n) is 4.33. The summed E-state index contributed by atoms with van der Waals surface area (Å²) in [6, 6.07) is 2.64. The van der Waals surface area contributed by atoms with Gasteiger partial charge in [-0.15, -0.1) is 0 Å². The molecule has 29 heavy (non-hydrogen) atoms. The van der Waals surface area contributed by atoms with Crippen molar-refractivity contribution in [3.63, 3.8) is 0 Å².